The molecule has 64 valence electrons. The minimum atomic E-state index is -0.903. The van der Waals surface area contributed by atoms with Crippen LogP contribution in [-0.2, 0) is 0 Å². The first-order chi connectivity index (χ1) is 5.59. The molecule has 5 heteroatoms. The second-order valence-corrected chi connectivity index (χ2v) is 2.84. The van der Waals surface area contributed by atoms with Gasteiger partial charge >= 0.3 is 6.09 Å². The summed E-state index contributed by atoms with van der Waals surface area (Å²) in [5.41, 5.74) is 4.78. The smallest absolute Gasteiger partial charge is 0.409 e. The zero-order valence-corrected chi connectivity index (χ0v) is 7.39. The Bertz CT molecular complexity index is 314. The van der Waals surface area contributed by atoms with Crippen LogP contribution in [0.5, 0.6) is 5.75 Å². The highest BCUT2D eigenvalue weighted by atomic mass is 35.5. The predicted octanol–water partition coefficient (Wildman–Crippen LogP) is 2.45. The summed E-state index contributed by atoms with van der Waals surface area (Å²) < 4.78 is 4.55. The van der Waals surface area contributed by atoms with Crippen LogP contribution in [-0.4, -0.2) is 6.09 Å². The maximum absolute atomic E-state index is 10.3. The van der Waals surface area contributed by atoms with Gasteiger partial charge < -0.3 is 10.5 Å². The first kappa shape index (κ1) is 9.16. The lowest BCUT2D eigenvalue weighted by molar-refractivity contribution is 0.211. The molecule has 1 rings (SSSR count). The van der Waals surface area contributed by atoms with Crippen molar-refractivity contribution >= 4 is 29.3 Å². The Balaban J connectivity index is 2.93. The molecule has 0 atom stereocenters. The number of amides is 1. The van der Waals surface area contributed by atoms with E-state index in [1.54, 1.807) is 6.07 Å². The van der Waals surface area contributed by atoms with E-state index in [4.69, 9.17) is 28.9 Å². The van der Waals surface area contributed by atoms with E-state index >= 15 is 0 Å². The van der Waals surface area contributed by atoms with Gasteiger partial charge in [0.15, 0.2) is 5.75 Å². The summed E-state index contributed by atoms with van der Waals surface area (Å²) in [6.45, 7) is 0. The fraction of sp³-hybridized carbons (Fsp3) is 0. The van der Waals surface area contributed by atoms with Crippen molar-refractivity contribution in [3.05, 3.63) is 28.2 Å². The maximum Gasteiger partial charge on any atom is 0.410 e. The molecule has 0 bridgehead atoms. The zero-order valence-electron chi connectivity index (χ0n) is 5.88. The summed E-state index contributed by atoms with van der Waals surface area (Å²) in [6.07, 6.45) is -0.903. The van der Waals surface area contributed by atoms with Gasteiger partial charge in [-0.15, -0.1) is 0 Å². The number of primary amides is 1. The molecule has 0 fully saturated rings. The van der Waals surface area contributed by atoms with E-state index in [2.05, 4.69) is 4.74 Å². The number of benzene rings is 1. The van der Waals surface area contributed by atoms with E-state index in [9.17, 15) is 4.79 Å². The number of hydrogen-bond donors (Lipinski definition) is 1. The van der Waals surface area contributed by atoms with E-state index in [0.29, 0.717) is 5.02 Å². The molecule has 12 heavy (non-hydrogen) atoms. The largest absolute Gasteiger partial charge is 0.410 e. The number of halogens is 2. The Morgan fingerprint density at radius 3 is 2.58 bits per heavy atom. The van der Waals surface area contributed by atoms with Gasteiger partial charge in [0.1, 0.15) is 0 Å². The number of ether oxygens (including phenoxy) is 1. The monoisotopic (exact) mass is 205 g/mol. The maximum atomic E-state index is 10.3. The van der Waals surface area contributed by atoms with Gasteiger partial charge in [0, 0.05) is 5.02 Å². The molecule has 2 N–H and O–H groups in total. The SMILES string of the molecule is NC(=O)Oc1ccc(Cl)cc1Cl. The van der Waals surface area contributed by atoms with E-state index in [1.807, 2.05) is 0 Å². The molecular formula is C7H5Cl2NO2. The molecule has 0 unspecified atom stereocenters. The third-order valence-corrected chi connectivity index (χ3v) is 1.63. The molecule has 1 amide bonds. The molecular weight excluding hydrogens is 201 g/mol. The van der Waals surface area contributed by atoms with Crippen LogP contribution in [0.3, 0.4) is 0 Å². The third-order valence-electron chi connectivity index (χ3n) is 1.10. The Hall–Kier alpha value is -0.930. The molecule has 0 saturated heterocycles. The minimum Gasteiger partial charge on any atom is -0.409 e. The zero-order chi connectivity index (χ0) is 9.14. The first-order valence-electron chi connectivity index (χ1n) is 3.02. The molecule has 0 aromatic heterocycles. The highest BCUT2D eigenvalue weighted by Crippen LogP contribution is 2.27. The van der Waals surface area contributed by atoms with Crippen LogP contribution in [0.2, 0.25) is 10.0 Å². The van der Waals surface area contributed by atoms with Crippen LogP contribution in [0.25, 0.3) is 0 Å². The van der Waals surface area contributed by atoms with Gasteiger partial charge in [-0.3, -0.25) is 0 Å². The molecule has 3 nitrogen and oxygen atoms in total. The van der Waals surface area contributed by atoms with Crippen molar-refractivity contribution in [1.82, 2.24) is 0 Å². The molecule has 0 heterocycles. The second kappa shape index (κ2) is 3.65. The number of hydrogen-bond acceptors (Lipinski definition) is 2. The van der Waals surface area contributed by atoms with Gasteiger partial charge in [-0.05, 0) is 18.2 Å². The number of carbonyl (C=O) groups excluding carboxylic acids is 1. The highest BCUT2D eigenvalue weighted by Gasteiger charge is 2.04. The second-order valence-electron chi connectivity index (χ2n) is 2.00. The lowest BCUT2D eigenvalue weighted by Crippen LogP contribution is -2.16. The topological polar surface area (TPSA) is 52.3 Å². The van der Waals surface area contributed by atoms with Crippen LogP contribution in [0, 0.1) is 0 Å². The van der Waals surface area contributed by atoms with E-state index in [0.717, 1.165) is 0 Å². The molecule has 1 aromatic carbocycles. The third kappa shape index (κ3) is 2.29. The normalized spacial score (nSPS) is 9.50. The van der Waals surface area contributed by atoms with E-state index < -0.39 is 6.09 Å². The Kier molecular flexibility index (Phi) is 2.78. The van der Waals surface area contributed by atoms with Gasteiger partial charge in [0.25, 0.3) is 0 Å². The quantitative estimate of drug-likeness (QED) is 0.766. The summed E-state index contributed by atoms with van der Waals surface area (Å²) in [5.74, 6) is 0.202. The van der Waals surface area contributed by atoms with Crippen molar-refractivity contribution in [1.29, 1.82) is 0 Å². The first-order valence-corrected chi connectivity index (χ1v) is 3.77. The lowest BCUT2D eigenvalue weighted by Gasteiger charge is -2.02. The van der Waals surface area contributed by atoms with Gasteiger partial charge in [0.2, 0.25) is 0 Å². The van der Waals surface area contributed by atoms with Crippen LogP contribution in [0.4, 0.5) is 4.79 Å². The van der Waals surface area contributed by atoms with E-state index in [-0.39, 0.29) is 10.8 Å². The van der Waals surface area contributed by atoms with E-state index in [1.165, 1.54) is 12.1 Å². The fourth-order valence-corrected chi connectivity index (χ4v) is 1.11. The summed E-state index contributed by atoms with van der Waals surface area (Å²) in [6, 6.07) is 4.47. The lowest BCUT2D eigenvalue weighted by atomic mass is 10.3. The van der Waals surface area contributed by atoms with Crippen LogP contribution < -0.4 is 10.5 Å². The predicted molar refractivity (Wildman–Crippen MR) is 46.7 cm³/mol. The van der Waals surface area contributed by atoms with Crippen LogP contribution in [0.15, 0.2) is 18.2 Å². The van der Waals surface area contributed by atoms with Gasteiger partial charge in [-0.1, -0.05) is 23.2 Å². The van der Waals surface area contributed by atoms with Gasteiger partial charge in [-0.2, -0.15) is 0 Å². The van der Waals surface area contributed by atoms with Crippen LogP contribution >= 0.6 is 23.2 Å². The standard InChI is InChI=1S/C7H5Cl2NO2/c8-4-1-2-6(5(9)3-4)12-7(10)11/h1-3H,(H2,10,11). The average molecular weight is 206 g/mol. The summed E-state index contributed by atoms with van der Waals surface area (Å²) >= 11 is 11.3. The number of rotatable bonds is 1. The molecule has 0 spiro atoms. The molecule has 0 aliphatic rings. The minimum absolute atomic E-state index is 0.202. The highest BCUT2D eigenvalue weighted by molar-refractivity contribution is 6.35. The Morgan fingerprint density at radius 2 is 2.08 bits per heavy atom. The molecule has 0 aliphatic heterocycles. The van der Waals surface area contributed by atoms with Crippen molar-refractivity contribution in [3.8, 4) is 5.75 Å². The van der Waals surface area contributed by atoms with Crippen molar-refractivity contribution < 1.29 is 9.53 Å². The number of carbonyl (C=O) groups is 1. The van der Waals surface area contributed by atoms with Gasteiger partial charge in [0.05, 0.1) is 5.02 Å². The molecule has 0 saturated carbocycles. The van der Waals surface area contributed by atoms with Crippen LogP contribution in [0.1, 0.15) is 0 Å². The number of nitrogens with two attached hydrogens (primary N) is 1. The van der Waals surface area contributed by atoms with Crippen molar-refractivity contribution in [2.24, 2.45) is 5.73 Å². The summed E-state index contributed by atoms with van der Waals surface area (Å²) in [4.78, 5) is 10.3. The van der Waals surface area contributed by atoms with Crippen molar-refractivity contribution in [2.75, 3.05) is 0 Å². The molecule has 0 radical (unpaired) electrons. The summed E-state index contributed by atoms with van der Waals surface area (Å²) in [7, 11) is 0. The van der Waals surface area contributed by atoms with Crippen molar-refractivity contribution in [2.45, 2.75) is 0 Å². The summed E-state index contributed by atoms with van der Waals surface area (Å²) in [5, 5.41) is 0.720. The fourth-order valence-electron chi connectivity index (χ4n) is 0.666. The Morgan fingerprint density at radius 1 is 1.42 bits per heavy atom. The Labute approximate surface area is 79.0 Å². The molecule has 0 aliphatic carbocycles. The van der Waals surface area contributed by atoms with Crippen molar-refractivity contribution in [3.63, 3.8) is 0 Å². The van der Waals surface area contributed by atoms with Gasteiger partial charge in [-0.25, -0.2) is 4.79 Å². The molecule has 1 aromatic rings. The average Bonchev–Trinajstić information content (AvgIpc) is 1.94.